The molecule has 0 aromatic carbocycles. The van der Waals surface area contributed by atoms with Crippen LogP contribution in [0.2, 0.25) is 0 Å². The second-order valence-electron chi connectivity index (χ2n) is 2.76. The molecule has 0 spiro atoms. The molecule has 9 heavy (non-hydrogen) atoms. The second-order valence-corrected chi connectivity index (χ2v) is 2.76. The molecule has 1 radical (unpaired) electrons. The fourth-order valence-corrected chi connectivity index (χ4v) is 1.12. The first-order valence-electron chi connectivity index (χ1n) is 3.95. The van der Waals surface area contributed by atoms with E-state index in [0.717, 1.165) is 6.42 Å². The molecule has 0 amide bonds. The van der Waals surface area contributed by atoms with Gasteiger partial charge in [-0.15, -0.1) is 0 Å². The van der Waals surface area contributed by atoms with Gasteiger partial charge in [0.15, 0.2) is 0 Å². The van der Waals surface area contributed by atoms with E-state index in [9.17, 15) is 0 Å². The molecule has 0 aliphatic carbocycles. The largest absolute Gasteiger partial charge is 0.303 e. The highest BCUT2D eigenvalue weighted by atomic mass is 15.2. The summed E-state index contributed by atoms with van der Waals surface area (Å²) in [6, 6.07) is 0. The van der Waals surface area contributed by atoms with Gasteiger partial charge in [-0.25, -0.2) is 0 Å². The maximum absolute atomic E-state index is 3.81. The van der Waals surface area contributed by atoms with Gasteiger partial charge in [0.1, 0.15) is 0 Å². The average Bonchev–Trinajstić information content (AvgIpc) is 1.76. The molecule has 0 aromatic heterocycles. The molecule has 0 atom stereocenters. The van der Waals surface area contributed by atoms with Gasteiger partial charge >= 0.3 is 0 Å². The lowest BCUT2D eigenvalue weighted by atomic mass is 10.2. The third-order valence-electron chi connectivity index (χ3n) is 1.92. The van der Waals surface area contributed by atoms with Crippen LogP contribution in [0.4, 0.5) is 0 Å². The molecule has 1 rings (SSSR count). The Morgan fingerprint density at radius 3 is 2.44 bits per heavy atom. The molecule has 1 saturated heterocycles. The third-order valence-corrected chi connectivity index (χ3v) is 1.92. The van der Waals surface area contributed by atoms with Crippen LogP contribution in [0.5, 0.6) is 0 Å². The Balaban J connectivity index is 1.80. The van der Waals surface area contributed by atoms with Gasteiger partial charge in [-0.1, -0.05) is 19.8 Å². The number of hydrogen-bond donors (Lipinski definition) is 0. The first-order valence-corrected chi connectivity index (χ1v) is 3.95. The molecule has 1 nitrogen and oxygen atoms in total. The monoisotopic (exact) mass is 126 g/mol. The minimum absolute atomic E-state index is 1.10. The van der Waals surface area contributed by atoms with Crippen molar-refractivity contribution in [3.8, 4) is 0 Å². The Hall–Kier alpha value is -0.0400. The minimum Gasteiger partial charge on any atom is -0.303 e. The fourth-order valence-electron chi connectivity index (χ4n) is 1.12. The smallest absolute Gasteiger partial charge is 0.000654 e. The van der Waals surface area contributed by atoms with Crippen LogP contribution in [0.3, 0.4) is 0 Å². The van der Waals surface area contributed by atoms with Gasteiger partial charge in [0, 0.05) is 0 Å². The Bertz CT molecular complexity index is 67.0. The molecule has 1 aliphatic rings. The Morgan fingerprint density at radius 2 is 2.00 bits per heavy atom. The van der Waals surface area contributed by atoms with E-state index >= 15 is 0 Å². The van der Waals surface area contributed by atoms with Crippen LogP contribution in [0.15, 0.2) is 0 Å². The summed E-state index contributed by atoms with van der Waals surface area (Å²) in [6.45, 7) is 7.81. The zero-order chi connectivity index (χ0) is 6.53. The molecular weight excluding hydrogens is 110 g/mol. The number of likely N-dealkylation sites (tertiary alicyclic amines) is 1. The Morgan fingerprint density at radius 1 is 1.22 bits per heavy atom. The van der Waals surface area contributed by atoms with Crippen molar-refractivity contribution in [1.29, 1.82) is 0 Å². The number of unbranched alkanes of at least 4 members (excludes halogenated alkanes) is 2. The summed E-state index contributed by atoms with van der Waals surface area (Å²) in [6.07, 6.45) is 5.18. The van der Waals surface area contributed by atoms with Crippen molar-refractivity contribution in [2.75, 3.05) is 19.6 Å². The van der Waals surface area contributed by atoms with Gasteiger partial charge in [-0.2, -0.15) is 0 Å². The molecule has 0 saturated carbocycles. The summed E-state index contributed by atoms with van der Waals surface area (Å²) in [5.41, 5.74) is 0. The standard InChI is InChI=1S/C8H16N/c1-2-3-4-6-9-7-5-8-9/h1-8H2. The van der Waals surface area contributed by atoms with Crippen LogP contribution in [0.1, 0.15) is 25.7 Å². The van der Waals surface area contributed by atoms with Crippen molar-refractivity contribution in [1.82, 2.24) is 4.90 Å². The molecular formula is C8H16N. The Kier molecular flexibility index (Phi) is 3.05. The second kappa shape index (κ2) is 3.89. The van der Waals surface area contributed by atoms with Gasteiger partial charge in [-0.3, -0.25) is 0 Å². The average molecular weight is 126 g/mol. The van der Waals surface area contributed by atoms with Crippen molar-refractivity contribution in [2.24, 2.45) is 0 Å². The van der Waals surface area contributed by atoms with Crippen molar-refractivity contribution >= 4 is 0 Å². The molecule has 0 unspecified atom stereocenters. The molecule has 1 heteroatoms. The molecule has 0 N–H and O–H groups in total. The molecule has 1 fully saturated rings. The van der Waals surface area contributed by atoms with E-state index < -0.39 is 0 Å². The van der Waals surface area contributed by atoms with Gasteiger partial charge in [0.05, 0.1) is 0 Å². The van der Waals surface area contributed by atoms with E-state index in [2.05, 4.69) is 11.8 Å². The first-order chi connectivity index (χ1) is 4.43. The van der Waals surface area contributed by atoms with E-state index in [1.54, 1.807) is 0 Å². The van der Waals surface area contributed by atoms with Crippen LogP contribution >= 0.6 is 0 Å². The van der Waals surface area contributed by atoms with Gasteiger partial charge < -0.3 is 4.90 Å². The summed E-state index contributed by atoms with van der Waals surface area (Å²) >= 11 is 0. The minimum atomic E-state index is 1.10. The van der Waals surface area contributed by atoms with Gasteiger partial charge in [0.25, 0.3) is 0 Å². The molecule has 1 aliphatic heterocycles. The zero-order valence-corrected chi connectivity index (χ0v) is 6.10. The van der Waals surface area contributed by atoms with E-state index in [-0.39, 0.29) is 0 Å². The van der Waals surface area contributed by atoms with E-state index in [0.29, 0.717) is 0 Å². The van der Waals surface area contributed by atoms with Crippen LogP contribution in [-0.4, -0.2) is 24.5 Å². The lowest BCUT2D eigenvalue weighted by Gasteiger charge is -2.30. The highest BCUT2D eigenvalue weighted by molar-refractivity contribution is 4.67. The van der Waals surface area contributed by atoms with Crippen LogP contribution in [0, 0.1) is 6.92 Å². The normalized spacial score (nSPS) is 19.7. The lowest BCUT2D eigenvalue weighted by Crippen LogP contribution is -2.37. The fraction of sp³-hybridized carbons (Fsp3) is 0.875. The molecule has 53 valence electrons. The van der Waals surface area contributed by atoms with Crippen molar-refractivity contribution < 1.29 is 0 Å². The van der Waals surface area contributed by atoms with Crippen LogP contribution in [-0.2, 0) is 0 Å². The van der Waals surface area contributed by atoms with Crippen LogP contribution in [0.25, 0.3) is 0 Å². The highest BCUT2D eigenvalue weighted by Crippen LogP contribution is 2.07. The first kappa shape index (κ1) is 7.07. The topological polar surface area (TPSA) is 3.24 Å². The third kappa shape index (κ3) is 2.35. The quantitative estimate of drug-likeness (QED) is 0.518. The van der Waals surface area contributed by atoms with E-state index in [4.69, 9.17) is 0 Å². The molecule has 1 heterocycles. The summed E-state index contributed by atoms with van der Waals surface area (Å²) in [4.78, 5) is 2.51. The van der Waals surface area contributed by atoms with Gasteiger partial charge in [-0.05, 0) is 32.5 Å². The predicted molar refractivity (Wildman–Crippen MR) is 40.3 cm³/mol. The number of nitrogens with zero attached hydrogens (tertiary/aromatic N) is 1. The summed E-state index contributed by atoms with van der Waals surface area (Å²) < 4.78 is 0. The number of rotatable bonds is 4. The predicted octanol–water partition coefficient (Wildman–Crippen LogP) is 1.70. The maximum atomic E-state index is 3.81. The van der Waals surface area contributed by atoms with Gasteiger partial charge in [0.2, 0.25) is 0 Å². The van der Waals surface area contributed by atoms with Crippen LogP contribution < -0.4 is 0 Å². The van der Waals surface area contributed by atoms with Crippen molar-refractivity contribution in [3.63, 3.8) is 0 Å². The maximum Gasteiger partial charge on any atom is -0.000654 e. The summed E-state index contributed by atoms with van der Waals surface area (Å²) in [7, 11) is 0. The highest BCUT2D eigenvalue weighted by Gasteiger charge is 2.11. The molecule has 0 aromatic rings. The SMILES string of the molecule is [CH2]CCCCN1CCC1. The summed E-state index contributed by atoms with van der Waals surface area (Å²) in [5, 5.41) is 0. The zero-order valence-electron chi connectivity index (χ0n) is 6.10. The van der Waals surface area contributed by atoms with E-state index in [1.807, 2.05) is 0 Å². The van der Waals surface area contributed by atoms with E-state index in [1.165, 1.54) is 38.9 Å². The Labute approximate surface area is 58.0 Å². The lowest BCUT2D eigenvalue weighted by molar-refractivity contribution is 0.178. The van der Waals surface area contributed by atoms with Crippen molar-refractivity contribution in [3.05, 3.63) is 6.92 Å². The molecule has 0 bridgehead atoms. The summed E-state index contributed by atoms with van der Waals surface area (Å²) in [5.74, 6) is 0. The van der Waals surface area contributed by atoms with Crippen molar-refractivity contribution in [2.45, 2.75) is 25.7 Å². The number of hydrogen-bond acceptors (Lipinski definition) is 1.